The molecule has 2 N–H and O–H groups in total. The summed E-state index contributed by atoms with van der Waals surface area (Å²) in [6.07, 6.45) is 1.98. The third kappa shape index (κ3) is 3.84. The van der Waals surface area contributed by atoms with Crippen LogP contribution in [0.3, 0.4) is 0 Å². The van der Waals surface area contributed by atoms with Crippen molar-refractivity contribution in [3.05, 3.63) is 54.1 Å². The molecule has 3 nitrogen and oxygen atoms in total. The van der Waals surface area contributed by atoms with Crippen LogP contribution in [0.15, 0.2) is 42.6 Å². The molecule has 1 aromatic heterocycles. The maximum absolute atomic E-state index is 12.8. The van der Waals surface area contributed by atoms with Crippen LogP contribution in [-0.2, 0) is 6.42 Å². The molecule has 108 valence electrons. The fourth-order valence-corrected chi connectivity index (χ4v) is 2.02. The third-order valence-electron chi connectivity index (χ3n) is 3.43. The first-order valence-electron chi connectivity index (χ1n) is 6.66. The summed E-state index contributed by atoms with van der Waals surface area (Å²) in [5.41, 5.74) is 0.765. The summed E-state index contributed by atoms with van der Waals surface area (Å²) in [7, 11) is 0. The van der Waals surface area contributed by atoms with E-state index < -0.39 is 6.10 Å². The first kappa shape index (κ1) is 14.6. The minimum Gasteiger partial charge on any atom is -0.491 e. The molecular weight excluding hydrogens is 257 g/mol. The molecule has 1 atom stereocenters. The smallest absolute Gasteiger partial charge is 0.123 e. The van der Waals surface area contributed by atoms with E-state index in [0.717, 1.165) is 12.1 Å². The average molecular weight is 277 g/mol. The molecule has 0 aliphatic heterocycles. The molecule has 0 fully saturated rings. The summed E-state index contributed by atoms with van der Waals surface area (Å²) in [6, 6.07) is 9.72. The molecule has 1 heterocycles. The molecule has 0 saturated heterocycles. The number of halogens is 1. The molecule has 4 heteroatoms. The first-order chi connectivity index (χ1) is 9.47. The van der Waals surface area contributed by atoms with Crippen LogP contribution in [0.1, 0.15) is 19.5 Å². The molecule has 0 radical (unpaired) electrons. The van der Waals surface area contributed by atoms with E-state index in [-0.39, 0.29) is 17.8 Å². The van der Waals surface area contributed by atoms with Crippen molar-refractivity contribution in [2.24, 2.45) is 5.41 Å². The first-order valence-corrected chi connectivity index (χ1v) is 6.66. The number of hydrogen-bond acceptors (Lipinski definition) is 2. The van der Waals surface area contributed by atoms with Crippen molar-refractivity contribution < 1.29 is 14.2 Å². The van der Waals surface area contributed by atoms with Gasteiger partial charge in [-0.15, -0.1) is 0 Å². The van der Waals surface area contributed by atoms with Gasteiger partial charge in [-0.1, -0.05) is 13.8 Å². The van der Waals surface area contributed by atoms with Crippen LogP contribution in [0, 0.1) is 11.2 Å². The Morgan fingerprint density at radius 2 is 1.95 bits per heavy atom. The normalized spacial score (nSPS) is 13.2. The zero-order valence-corrected chi connectivity index (χ0v) is 11.8. The van der Waals surface area contributed by atoms with Crippen molar-refractivity contribution in [2.75, 3.05) is 6.61 Å². The predicted octanol–water partition coefficient (Wildman–Crippen LogP) is 3.16. The van der Waals surface area contributed by atoms with Gasteiger partial charge in [-0.2, -0.15) is 0 Å². The fourth-order valence-electron chi connectivity index (χ4n) is 2.02. The van der Waals surface area contributed by atoms with Crippen LogP contribution in [0.4, 0.5) is 4.39 Å². The number of aromatic amines is 1. The minimum atomic E-state index is -0.615. The second-order valence-electron chi connectivity index (χ2n) is 5.64. The molecule has 1 unspecified atom stereocenters. The average Bonchev–Trinajstić information content (AvgIpc) is 2.89. The molecule has 1 aromatic carbocycles. The van der Waals surface area contributed by atoms with Crippen molar-refractivity contribution in [3.63, 3.8) is 0 Å². The number of hydrogen-bond donors (Lipinski definition) is 2. The zero-order chi connectivity index (χ0) is 14.6. The number of aliphatic hydroxyl groups is 1. The standard InChI is InChI=1S/C16H20FNO2/c1-16(2,10-13-4-3-9-18-13)15(19)11-20-14-7-5-12(17)6-8-14/h3-9,15,18-19H,10-11H2,1-2H3. The molecule has 0 amide bonds. The van der Waals surface area contributed by atoms with Gasteiger partial charge in [0.05, 0.1) is 6.10 Å². The Morgan fingerprint density at radius 1 is 1.25 bits per heavy atom. The molecule has 0 aliphatic rings. The van der Waals surface area contributed by atoms with Crippen LogP contribution in [0.5, 0.6) is 5.75 Å². The molecular formula is C16H20FNO2. The van der Waals surface area contributed by atoms with E-state index in [1.165, 1.54) is 12.1 Å². The summed E-state index contributed by atoms with van der Waals surface area (Å²) >= 11 is 0. The largest absolute Gasteiger partial charge is 0.491 e. The lowest BCUT2D eigenvalue weighted by atomic mass is 9.82. The van der Waals surface area contributed by atoms with E-state index in [1.807, 2.05) is 32.2 Å². The van der Waals surface area contributed by atoms with Crippen LogP contribution >= 0.6 is 0 Å². The highest BCUT2D eigenvalue weighted by Crippen LogP contribution is 2.26. The summed E-state index contributed by atoms with van der Waals surface area (Å²) in [5, 5.41) is 10.3. The quantitative estimate of drug-likeness (QED) is 0.852. The molecule has 0 saturated carbocycles. The van der Waals surface area contributed by atoms with Crippen LogP contribution < -0.4 is 4.74 Å². The number of nitrogens with one attached hydrogen (secondary N) is 1. The summed E-state index contributed by atoms with van der Waals surface area (Å²) < 4.78 is 18.3. The summed E-state index contributed by atoms with van der Waals surface area (Å²) in [4.78, 5) is 3.13. The second-order valence-corrected chi connectivity index (χ2v) is 5.64. The molecule has 0 bridgehead atoms. The Hall–Kier alpha value is -1.81. The van der Waals surface area contributed by atoms with Crippen molar-refractivity contribution in [1.82, 2.24) is 4.98 Å². The Balaban J connectivity index is 1.89. The molecule has 0 spiro atoms. The summed E-state index contributed by atoms with van der Waals surface area (Å²) in [6.45, 7) is 4.17. The summed E-state index contributed by atoms with van der Waals surface area (Å²) in [5.74, 6) is 0.256. The van der Waals surface area contributed by atoms with Gasteiger partial charge in [-0.3, -0.25) is 0 Å². The van der Waals surface area contributed by atoms with Crippen LogP contribution in [0.2, 0.25) is 0 Å². The van der Waals surface area contributed by atoms with Gasteiger partial charge in [0.1, 0.15) is 18.2 Å². The molecule has 20 heavy (non-hydrogen) atoms. The van der Waals surface area contributed by atoms with E-state index in [1.54, 1.807) is 12.1 Å². The van der Waals surface area contributed by atoms with Crippen molar-refractivity contribution >= 4 is 0 Å². The van der Waals surface area contributed by atoms with E-state index >= 15 is 0 Å². The Labute approximate surface area is 118 Å². The van der Waals surface area contributed by atoms with Gasteiger partial charge < -0.3 is 14.8 Å². The number of aliphatic hydroxyl groups excluding tert-OH is 1. The van der Waals surface area contributed by atoms with Gasteiger partial charge in [-0.05, 0) is 48.2 Å². The fraction of sp³-hybridized carbons (Fsp3) is 0.375. The van der Waals surface area contributed by atoms with Gasteiger partial charge in [0.2, 0.25) is 0 Å². The number of H-pyrrole nitrogens is 1. The predicted molar refractivity (Wildman–Crippen MR) is 76.2 cm³/mol. The SMILES string of the molecule is CC(C)(Cc1ccc[nH]1)C(O)COc1ccc(F)cc1. The Kier molecular flexibility index (Phi) is 4.45. The zero-order valence-electron chi connectivity index (χ0n) is 11.8. The number of rotatable bonds is 6. The van der Waals surface area contributed by atoms with Gasteiger partial charge in [0.25, 0.3) is 0 Å². The third-order valence-corrected chi connectivity index (χ3v) is 3.43. The van der Waals surface area contributed by atoms with E-state index in [4.69, 9.17) is 4.74 Å². The monoisotopic (exact) mass is 277 g/mol. The van der Waals surface area contributed by atoms with E-state index in [0.29, 0.717) is 5.75 Å². The number of ether oxygens (including phenoxy) is 1. The highest BCUT2D eigenvalue weighted by molar-refractivity contribution is 5.22. The molecule has 2 rings (SSSR count). The Morgan fingerprint density at radius 3 is 2.55 bits per heavy atom. The minimum absolute atomic E-state index is 0.180. The van der Waals surface area contributed by atoms with Gasteiger partial charge in [0.15, 0.2) is 0 Å². The molecule has 0 aliphatic carbocycles. The Bertz CT molecular complexity index is 520. The van der Waals surface area contributed by atoms with Crippen LogP contribution in [0.25, 0.3) is 0 Å². The van der Waals surface area contributed by atoms with E-state index in [2.05, 4.69) is 4.98 Å². The topological polar surface area (TPSA) is 45.2 Å². The van der Waals surface area contributed by atoms with Crippen LogP contribution in [-0.4, -0.2) is 22.8 Å². The molecule has 2 aromatic rings. The lowest BCUT2D eigenvalue weighted by Crippen LogP contribution is -2.36. The maximum Gasteiger partial charge on any atom is 0.123 e. The van der Waals surface area contributed by atoms with E-state index in [9.17, 15) is 9.50 Å². The highest BCUT2D eigenvalue weighted by atomic mass is 19.1. The van der Waals surface area contributed by atoms with Gasteiger partial charge >= 0.3 is 0 Å². The van der Waals surface area contributed by atoms with Crippen molar-refractivity contribution in [3.8, 4) is 5.75 Å². The number of aromatic nitrogens is 1. The highest BCUT2D eigenvalue weighted by Gasteiger charge is 2.29. The second kappa shape index (κ2) is 6.09. The van der Waals surface area contributed by atoms with Gasteiger partial charge in [-0.25, -0.2) is 4.39 Å². The maximum atomic E-state index is 12.8. The lowest BCUT2D eigenvalue weighted by molar-refractivity contribution is 0.0114. The number of benzene rings is 1. The van der Waals surface area contributed by atoms with Crippen molar-refractivity contribution in [2.45, 2.75) is 26.4 Å². The van der Waals surface area contributed by atoms with Crippen molar-refractivity contribution in [1.29, 1.82) is 0 Å². The lowest BCUT2D eigenvalue weighted by Gasteiger charge is -2.30. The van der Waals surface area contributed by atoms with Gasteiger partial charge in [0, 0.05) is 11.9 Å².